The third-order valence-electron chi connectivity index (χ3n) is 2.39. The minimum absolute atomic E-state index is 0.0386. The van der Waals surface area contributed by atoms with Gasteiger partial charge in [0.25, 0.3) is 5.69 Å². The molecule has 0 saturated heterocycles. The predicted octanol–water partition coefficient (Wildman–Crippen LogP) is 2.67. The van der Waals surface area contributed by atoms with Crippen molar-refractivity contribution in [1.82, 2.24) is 0 Å². The number of hydrogen-bond acceptors (Lipinski definition) is 4. The van der Waals surface area contributed by atoms with E-state index in [0.717, 1.165) is 0 Å². The van der Waals surface area contributed by atoms with Crippen molar-refractivity contribution in [3.05, 3.63) is 52.6 Å². The standard InChI is InChI=1S/C12H9NO4/c14-11-4-2-1-3-9(11)10-7-8(13(16)17)5-6-12(10)15/h1-7,14-15H. The fourth-order valence-electron chi connectivity index (χ4n) is 1.55. The summed E-state index contributed by atoms with van der Waals surface area (Å²) in [6.07, 6.45) is 0. The van der Waals surface area contributed by atoms with Crippen molar-refractivity contribution in [2.24, 2.45) is 0 Å². The van der Waals surface area contributed by atoms with Gasteiger partial charge in [0.05, 0.1) is 4.92 Å². The molecule has 5 heteroatoms. The molecule has 0 aliphatic rings. The lowest BCUT2D eigenvalue weighted by molar-refractivity contribution is -0.384. The molecule has 0 saturated carbocycles. The molecule has 0 spiro atoms. The van der Waals surface area contributed by atoms with Crippen molar-refractivity contribution in [3.8, 4) is 22.6 Å². The van der Waals surface area contributed by atoms with Crippen LogP contribution >= 0.6 is 0 Å². The van der Waals surface area contributed by atoms with Crippen LogP contribution in [0.2, 0.25) is 0 Å². The Balaban J connectivity index is 2.63. The van der Waals surface area contributed by atoms with Gasteiger partial charge in [0.1, 0.15) is 11.5 Å². The number of nitrogens with zero attached hydrogens (tertiary/aromatic N) is 1. The van der Waals surface area contributed by atoms with E-state index in [1.54, 1.807) is 18.2 Å². The van der Waals surface area contributed by atoms with Crippen molar-refractivity contribution in [2.45, 2.75) is 0 Å². The van der Waals surface area contributed by atoms with Gasteiger partial charge < -0.3 is 10.2 Å². The summed E-state index contributed by atoms with van der Waals surface area (Å²) in [5.74, 6) is -0.152. The van der Waals surface area contributed by atoms with E-state index in [2.05, 4.69) is 0 Å². The molecule has 0 aromatic heterocycles. The number of hydrogen-bond donors (Lipinski definition) is 2. The molecule has 2 aromatic rings. The van der Waals surface area contributed by atoms with Gasteiger partial charge in [-0.15, -0.1) is 0 Å². The monoisotopic (exact) mass is 231 g/mol. The van der Waals surface area contributed by atoms with Crippen LogP contribution in [0, 0.1) is 10.1 Å². The molecule has 0 heterocycles. The normalized spacial score (nSPS) is 10.1. The first-order chi connectivity index (χ1) is 8.09. The fourth-order valence-corrected chi connectivity index (χ4v) is 1.55. The van der Waals surface area contributed by atoms with Crippen molar-refractivity contribution >= 4 is 5.69 Å². The van der Waals surface area contributed by atoms with E-state index in [4.69, 9.17) is 0 Å². The lowest BCUT2D eigenvalue weighted by atomic mass is 10.0. The molecule has 17 heavy (non-hydrogen) atoms. The molecule has 0 unspecified atom stereocenters. The quantitative estimate of drug-likeness (QED) is 0.614. The molecule has 0 radical (unpaired) electrons. The van der Waals surface area contributed by atoms with Crippen LogP contribution in [-0.2, 0) is 0 Å². The molecule has 2 aromatic carbocycles. The maximum Gasteiger partial charge on any atom is 0.270 e. The number of nitro benzene ring substituents is 1. The van der Waals surface area contributed by atoms with Crippen LogP contribution in [0.5, 0.6) is 11.5 Å². The van der Waals surface area contributed by atoms with Crippen LogP contribution in [0.25, 0.3) is 11.1 Å². The van der Waals surface area contributed by atoms with Crippen molar-refractivity contribution in [1.29, 1.82) is 0 Å². The third kappa shape index (κ3) is 2.03. The van der Waals surface area contributed by atoms with E-state index in [1.165, 1.54) is 24.3 Å². The summed E-state index contributed by atoms with van der Waals surface area (Å²) in [6.45, 7) is 0. The Morgan fingerprint density at radius 3 is 2.24 bits per heavy atom. The number of aromatic hydroxyl groups is 2. The second-order valence-corrected chi connectivity index (χ2v) is 3.48. The second kappa shape index (κ2) is 4.13. The molecule has 5 nitrogen and oxygen atoms in total. The minimum atomic E-state index is -0.553. The van der Waals surface area contributed by atoms with Crippen molar-refractivity contribution in [2.75, 3.05) is 0 Å². The second-order valence-electron chi connectivity index (χ2n) is 3.48. The summed E-state index contributed by atoms with van der Waals surface area (Å²) >= 11 is 0. The summed E-state index contributed by atoms with van der Waals surface area (Å²) in [5.41, 5.74) is 0.451. The largest absolute Gasteiger partial charge is 0.507 e. The van der Waals surface area contributed by atoms with E-state index < -0.39 is 4.92 Å². The van der Waals surface area contributed by atoms with Crippen molar-refractivity contribution < 1.29 is 15.1 Å². The zero-order chi connectivity index (χ0) is 12.4. The lowest BCUT2D eigenvalue weighted by Gasteiger charge is -2.06. The van der Waals surface area contributed by atoms with Gasteiger partial charge >= 0.3 is 0 Å². The van der Waals surface area contributed by atoms with E-state index in [9.17, 15) is 20.3 Å². The highest BCUT2D eigenvalue weighted by Crippen LogP contribution is 2.36. The summed E-state index contributed by atoms with van der Waals surface area (Å²) in [7, 11) is 0. The van der Waals surface area contributed by atoms with Gasteiger partial charge in [0, 0.05) is 23.3 Å². The molecule has 2 N–H and O–H groups in total. The highest BCUT2D eigenvalue weighted by Gasteiger charge is 2.13. The van der Waals surface area contributed by atoms with Crippen LogP contribution in [0.4, 0.5) is 5.69 Å². The summed E-state index contributed by atoms with van der Waals surface area (Å²) in [4.78, 5) is 10.1. The Kier molecular flexibility index (Phi) is 2.66. The number of phenols is 2. The topological polar surface area (TPSA) is 83.6 Å². The molecule has 0 atom stereocenters. The van der Waals surface area contributed by atoms with Gasteiger partial charge in [0.15, 0.2) is 0 Å². The average Bonchev–Trinajstić information content (AvgIpc) is 2.30. The third-order valence-corrected chi connectivity index (χ3v) is 2.39. The van der Waals surface area contributed by atoms with Gasteiger partial charge in [-0.1, -0.05) is 18.2 Å². The Labute approximate surface area is 96.7 Å². The van der Waals surface area contributed by atoms with E-state index in [0.29, 0.717) is 5.56 Å². The number of phenolic OH excluding ortho intramolecular Hbond substituents is 2. The minimum Gasteiger partial charge on any atom is -0.507 e. The first-order valence-corrected chi connectivity index (χ1v) is 4.85. The molecular formula is C12H9NO4. The number of nitro groups is 1. The highest BCUT2D eigenvalue weighted by molar-refractivity contribution is 5.76. The van der Waals surface area contributed by atoms with Gasteiger partial charge in [-0.25, -0.2) is 0 Å². The Hall–Kier alpha value is -2.56. The molecule has 86 valence electrons. The predicted molar refractivity (Wildman–Crippen MR) is 61.9 cm³/mol. The van der Waals surface area contributed by atoms with Gasteiger partial charge in [-0.3, -0.25) is 10.1 Å². The van der Waals surface area contributed by atoms with E-state index in [1.807, 2.05) is 0 Å². The zero-order valence-electron chi connectivity index (χ0n) is 8.70. The number of para-hydroxylation sites is 1. The SMILES string of the molecule is O=[N+]([O-])c1ccc(O)c(-c2ccccc2O)c1. The number of benzene rings is 2. The maximum absolute atomic E-state index is 10.6. The van der Waals surface area contributed by atoms with Gasteiger partial charge in [0.2, 0.25) is 0 Å². The van der Waals surface area contributed by atoms with Crippen LogP contribution in [-0.4, -0.2) is 15.1 Å². The lowest BCUT2D eigenvalue weighted by Crippen LogP contribution is -1.89. The highest BCUT2D eigenvalue weighted by atomic mass is 16.6. The first-order valence-electron chi connectivity index (χ1n) is 4.85. The zero-order valence-corrected chi connectivity index (χ0v) is 8.70. The van der Waals surface area contributed by atoms with Crippen LogP contribution in [0.15, 0.2) is 42.5 Å². The van der Waals surface area contributed by atoms with Gasteiger partial charge in [-0.2, -0.15) is 0 Å². The average molecular weight is 231 g/mol. The number of non-ortho nitro benzene ring substituents is 1. The summed E-state index contributed by atoms with van der Waals surface area (Å²) in [5, 5.41) is 29.9. The van der Waals surface area contributed by atoms with E-state index >= 15 is 0 Å². The molecule has 0 bridgehead atoms. The molecular weight excluding hydrogens is 222 g/mol. The molecule has 0 aliphatic heterocycles. The molecule has 2 rings (SSSR count). The molecule has 0 aliphatic carbocycles. The maximum atomic E-state index is 10.6. The van der Waals surface area contributed by atoms with Crippen molar-refractivity contribution in [3.63, 3.8) is 0 Å². The summed E-state index contributed by atoms with van der Waals surface area (Å²) in [6, 6.07) is 10.0. The Bertz CT molecular complexity index is 580. The van der Waals surface area contributed by atoms with Crippen LogP contribution in [0.3, 0.4) is 0 Å². The van der Waals surface area contributed by atoms with Crippen LogP contribution in [0.1, 0.15) is 0 Å². The Morgan fingerprint density at radius 1 is 0.941 bits per heavy atom. The molecule has 0 fully saturated rings. The smallest absolute Gasteiger partial charge is 0.270 e. The summed E-state index contributed by atoms with van der Waals surface area (Å²) < 4.78 is 0. The van der Waals surface area contributed by atoms with E-state index in [-0.39, 0.29) is 22.7 Å². The Morgan fingerprint density at radius 2 is 1.59 bits per heavy atom. The van der Waals surface area contributed by atoms with Gasteiger partial charge in [-0.05, 0) is 12.1 Å². The fraction of sp³-hybridized carbons (Fsp3) is 0. The first kappa shape index (κ1) is 10.9. The number of rotatable bonds is 2. The van der Waals surface area contributed by atoms with Crippen LogP contribution < -0.4 is 0 Å². The molecule has 0 amide bonds.